The van der Waals surface area contributed by atoms with Crippen LogP contribution in [0, 0.1) is 6.92 Å². The van der Waals surface area contributed by atoms with Crippen LogP contribution in [-0.4, -0.2) is 26.7 Å². The van der Waals surface area contributed by atoms with Crippen molar-refractivity contribution in [2.75, 3.05) is 6.54 Å². The maximum atomic E-state index is 5.40. The highest BCUT2D eigenvalue weighted by atomic mass is 16.5. The van der Waals surface area contributed by atoms with Gasteiger partial charge in [0.1, 0.15) is 0 Å². The highest BCUT2D eigenvalue weighted by Crippen LogP contribution is 2.10. The lowest BCUT2D eigenvalue weighted by atomic mass is 10.3. The van der Waals surface area contributed by atoms with E-state index in [2.05, 4.69) is 20.1 Å². The maximum absolute atomic E-state index is 5.40. The molecular weight excluding hydrogens is 206 g/mol. The number of hydrogen-bond donors (Lipinski definition) is 1. The minimum absolute atomic E-state index is 0.423. The van der Waals surface area contributed by atoms with Gasteiger partial charge in [-0.25, -0.2) is 9.97 Å². The summed E-state index contributed by atoms with van der Waals surface area (Å²) in [6.07, 6.45) is 4.96. The van der Waals surface area contributed by atoms with Gasteiger partial charge in [0.25, 0.3) is 0 Å². The maximum Gasteiger partial charge on any atom is 0.240 e. The van der Waals surface area contributed by atoms with Gasteiger partial charge in [0.2, 0.25) is 17.5 Å². The summed E-state index contributed by atoms with van der Waals surface area (Å²) in [4.78, 5) is 12.4. The third-order valence-corrected chi connectivity index (χ3v) is 2.04. The molecule has 2 N–H and O–H groups in total. The fraction of sp³-hybridized carbons (Fsp3) is 0.400. The van der Waals surface area contributed by atoms with E-state index in [1.807, 2.05) is 6.92 Å². The van der Waals surface area contributed by atoms with Gasteiger partial charge in [0, 0.05) is 18.8 Å². The van der Waals surface area contributed by atoms with Gasteiger partial charge < -0.3 is 10.3 Å². The van der Waals surface area contributed by atoms with E-state index in [0.717, 1.165) is 12.0 Å². The molecule has 2 aromatic heterocycles. The molecule has 0 saturated carbocycles. The lowest BCUT2D eigenvalue weighted by Gasteiger charge is -1.92. The molecule has 2 aromatic rings. The van der Waals surface area contributed by atoms with Crippen LogP contribution in [0.2, 0.25) is 0 Å². The van der Waals surface area contributed by atoms with E-state index in [-0.39, 0.29) is 0 Å². The lowest BCUT2D eigenvalue weighted by molar-refractivity contribution is 0.376. The molecule has 0 fully saturated rings. The predicted molar refractivity (Wildman–Crippen MR) is 57.4 cm³/mol. The number of aryl methyl sites for hydroxylation is 2. The van der Waals surface area contributed by atoms with E-state index in [1.54, 1.807) is 12.4 Å². The zero-order valence-corrected chi connectivity index (χ0v) is 9.05. The Morgan fingerprint density at radius 1 is 1.25 bits per heavy atom. The molecule has 0 atom stereocenters. The highest BCUT2D eigenvalue weighted by molar-refractivity contribution is 5.40. The van der Waals surface area contributed by atoms with E-state index < -0.39 is 0 Å². The molecule has 0 unspecified atom stereocenters. The summed E-state index contributed by atoms with van der Waals surface area (Å²) in [6.45, 7) is 2.53. The molecule has 0 amide bonds. The lowest BCUT2D eigenvalue weighted by Crippen LogP contribution is -2.00. The molecule has 0 saturated heterocycles. The Hall–Kier alpha value is -1.82. The Labute approximate surface area is 92.9 Å². The van der Waals surface area contributed by atoms with Gasteiger partial charge in [0.15, 0.2) is 0 Å². The Balaban J connectivity index is 2.15. The molecule has 0 aliphatic rings. The predicted octanol–water partition coefficient (Wildman–Crippen LogP) is 0.726. The monoisotopic (exact) mass is 219 g/mol. The van der Waals surface area contributed by atoms with Crippen LogP contribution in [0.5, 0.6) is 0 Å². The third kappa shape index (κ3) is 2.40. The Kier molecular flexibility index (Phi) is 3.21. The van der Waals surface area contributed by atoms with E-state index in [1.165, 1.54) is 0 Å². The number of nitrogens with zero attached hydrogens (tertiary/aromatic N) is 4. The van der Waals surface area contributed by atoms with Crippen LogP contribution in [0.4, 0.5) is 0 Å². The average molecular weight is 219 g/mol. The first-order valence-electron chi connectivity index (χ1n) is 5.11. The van der Waals surface area contributed by atoms with E-state index in [0.29, 0.717) is 30.5 Å². The molecule has 0 radical (unpaired) electrons. The molecule has 6 nitrogen and oxygen atoms in total. The van der Waals surface area contributed by atoms with Crippen LogP contribution >= 0.6 is 0 Å². The van der Waals surface area contributed by atoms with Gasteiger partial charge in [-0.1, -0.05) is 5.16 Å². The Bertz CT molecular complexity index is 450. The molecule has 16 heavy (non-hydrogen) atoms. The second-order valence-corrected chi connectivity index (χ2v) is 3.49. The topological polar surface area (TPSA) is 90.7 Å². The summed E-state index contributed by atoms with van der Waals surface area (Å²) in [5, 5.41) is 3.82. The molecule has 2 heterocycles. The second kappa shape index (κ2) is 4.80. The quantitative estimate of drug-likeness (QED) is 0.815. The van der Waals surface area contributed by atoms with Crippen molar-refractivity contribution in [2.24, 2.45) is 5.73 Å². The fourth-order valence-electron chi connectivity index (χ4n) is 1.21. The van der Waals surface area contributed by atoms with Crippen LogP contribution in [-0.2, 0) is 6.42 Å². The van der Waals surface area contributed by atoms with Crippen LogP contribution < -0.4 is 5.73 Å². The Morgan fingerprint density at radius 2 is 2.00 bits per heavy atom. The van der Waals surface area contributed by atoms with E-state index in [9.17, 15) is 0 Å². The molecule has 2 rings (SSSR count). The third-order valence-electron chi connectivity index (χ3n) is 2.04. The minimum Gasteiger partial charge on any atom is -0.339 e. The van der Waals surface area contributed by atoms with Crippen LogP contribution in [0.25, 0.3) is 11.6 Å². The normalized spacial score (nSPS) is 10.6. The van der Waals surface area contributed by atoms with Gasteiger partial charge in [0.05, 0.1) is 0 Å². The van der Waals surface area contributed by atoms with Crippen molar-refractivity contribution in [1.29, 1.82) is 0 Å². The first kappa shape index (κ1) is 10.7. The molecular formula is C10H13N5O. The summed E-state index contributed by atoms with van der Waals surface area (Å²) in [6, 6.07) is 0. The number of rotatable bonds is 4. The molecule has 6 heteroatoms. The number of aromatic nitrogens is 4. The van der Waals surface area contributed by atoms with E-state index >= 15 is 0 Å². The van der Waals surface area contributed by atoms with Crippen LogP contribution in [0.15, 0.2) is 16.9 Å². The average Bonchev–Trinajstić information content (AvgIpc) is 2.76. The summed E-state index contributed by atoms with van der Waals surface area (Å²) >= 11 is 0. The van der Waals surface area contributed by atoms with Crippen molar-refractivity contribution < 1.29 is 4.52 Å². The summed E-state index contributed by atoms with van der Waals surface area (Å²) < 4.78 is 5.05. The SMILES string of the molecule is Cc1cnc(-c2noc(CCCN)n2)nc1. The van der Waals surface area contributed by atoms with E-state index in [4.69, 9.17) is 10.3 Å². The van der Waals surface area contributed by atoms with Crippen molar-refractivity contribution in [3.05, 3.63) is 23.8 Å². The second-order valence-electron chi connectivity index (χ2n) is 3.49. The minimum atomic E-state index is 0.423. The number of nitrogens with two attached hydrogens (primary N) is 1. The summed E-state index contributed by atoms with van der Waals surface area (Å²) in [7, 11) is 0. The largest absolute Gasteiger partial charge is 0.339 e. The first-order valence-corrected chi connectivity index (χ1v) is 5.11. The molecule has 0 aromatic carbocycles. The standard InChI is InChI=1S/C10H13N5O/c1-7-5-12-9(13-6-7)10-14-8(16-15-10)3-2-4-11/h5-6H,2-4,11H2,1H3. The smallest absolute Gasteiger partial charge is 0.240 e. The van der Waals surface area contributed by atoms with Crippen LogP contribution in [0.3, 0.4) is 0 Å². The van der Waals surface area contributed by atoms with Gasteiger partial charge in [-0.3, -0.25) is 0 Å². The van der Waals surface area contributed by atoms with Crippen molar-refractivity contribution in [3.63, 3.8) is 0 Å². The van der Waals surface area contributed by atoms with Crippen molar-refractivity contribution in [2.45, 2.75) is 19.8 Å². The zero-order chi connectivity index (χ0) is 11.4. The van der Waals surface area contributed by atoms with Gasteiger partial charge >= 0.3 is 0 Å². The number of hydrogen-bond acceptors (Lipinski definition) is 6. The summed E-state index contributed by atoms with van der Waals surface area (Å²) in [5.41, 5.74) is 6.39. The van der Waals surface area contributed by atoms with Crippen molar-refractivity contribution in [1.82, 2.24) is 20.1 Å². The van der Waals surface area contributed by atoms with Crippen molar-refractivity contribution in [3.8, 4) is 11.6 Å². The molecule has 0 spiro atoms. The van der Waals surface area contributed by atoms with Gasteiger partial charge in [-0.15, -0.1) is 0 Å². The van der Waals surface area contributed by atoms with Crippen LogP contribution in [0.1, 0.15) is 17.9 Å². The molecule has 0 aliphatic carbocycles. The highest BCUT2D eigenvalue weighted by Gasteiger charge is 2.10. The fourth-order valence-corrected chi connectivity index (χ4v) is 1.21. The van der Waals surface area contributed by atoms with Gasteiger partial charge in [-0.2, -0.15) is 4.98 Å². The first-order chi connectivity index (χ1) is 7.79. The molecule has 0 bridgehead atoms. The summed E-state index contributed by atoms with van der Waals surface area (Å²) in [5.74, 6) is 1.48. The molecule has 84 valence electrons. The van der Waals surface area contributed by atoms with Crippen molar-refractivity contribution >= 4 is 0 Å². The zero-order valence-electron chi connectivity index (χ0n) is 9.05. The molecule has 0 aliphatic heterocycles. The Morgan fingerprint density at radius 3 is 2.69 bits per heavy atom. The van der Waals surface area contributed by atoms with Gasteiger partial charge in [-0.05, 0) is 25.5 Å².